The fourth-order valence-electron chi connectivity index (χ4n) is 2.30. The SMILES string of the molecule is CC(C)NS(=O)(=O)c1ccc(C(=O)NCCc2cccc(O)c2)cc1. The molecule has 1 amide bonds. The van der Waals surface area contributed by atoms with Gasteiger partial charge in [0.15, 0.2) is 0 Å². The molecule has 6 nitrogen and oxygen atoms in total. The van der Waals surface area contributed by atoms with E-state index in [1.807, 2.05) is 6.07 Å². The standard InChI is InChI=1S/C18H22N2O4S/c1-13(2)20-25(23,24)17-8-6-15(7-9-17)18(22)19-11-10-14-4-3-5-16(21)12-14/h3-9,12-13,20-21H,10-11H2,1-2H3,(H,19,22). The average molecular weight is 362 g/mol. The lowest BCUT2D eigenvalue weighted by Crippen LogP contribution is -2.30. The van der Waals surface area contributed by atoms with Crippen molar-refractivity contribution in [2.24, 2.45) is 0 Å². The van der Waals surface area contributed by atoms with Gasteiger partial charge in [-0.25, -0.2) is 13.1 Å². The highest BCUT2D eigenvalue weighted by Crippen LogP contribution is 2.12. The lowest BCUT2D eigenvalue weighted by atomic mass is 10.1. The van der Waals surface area contributed by atoms with Gasteiger partial charge in [0.1, 0.15) is 5.75 Å². The molecule has 25 heavy (non-hydrogen) atoms. The molecule has 0 spiro atoms. The van der Waals surface area contributed by atoms with Crippen LogP contribution in [0.3, 0.4) is 0 Å². The van der Waals surface area contributed by atoms with E-state index in [1.54, 1.807) is 32.0 Å². The van der Waals surface area contributed by atoms with Gasteiger partial charge in [-0.1, -0.05) is 12.1 Å². The normalized spacial score (nSPS) is 11.5. The Morgan fingerprint density at radius 2 is 1.80 bits per heavy atom. The first kappa shape index (κ1) is 19.0. The lowest BCUT2D eigenvalue weighted by Gasteiger charge is -2.10. The number of rotatable bonds is 7. The monoisotopic (exact) mass is 362 g/mol. The van der Waals surface area contributed by atoms with Gasteiger partial charge in [-0.3, -0.25) is 4.79 Å². The Hall–Kier alpha value is -2.38. The molecule has 0 aliphatic rings. The summed E-state index contributed by atoms with van der Waals surface area (Å²) in [6, 6.07) is 12.4. The summed E-state index contributed by atoms with van der Waals surface area (Å²) in [4.78, 5) is 12.2. The van der Waals surface area contributed by atoms with Gasteiger partial charge in [-0.15, -0.1) is 0 Å². The molecule has 3 N–H and O–H groups in total. The van der Waals surface area contributed by atoms with Crippen molar-refractivity contribution in [1.29, 1.82) is 0 Å². The molecular formula is C18H22N2O4S. The molecule has 0 bridgehead atoms. The number of hydrogen-bond acceptors (Lipinski definition) is 4. The van der Waals surface area contributed by atoms with E-state index in [9.17, 15) is 18.3 Å². The van der Waals surface area contributed by atoms with Gasteiger partial charge in [-0.05, 0) is 62.2 Å². The number of amides is 1. The van der Waals surface area contributed by atoms with Crippen LogP contribution in [0.2, 0.25) is 0 Å². The van der Waals surface area contributed by atoms with Crippen LogP contribution in [-0.4, -0.2) is 32.0 Å². The van der Waals surface area contributed by atoms with E-state index in [4.69, 9.17) is 0 Å². The summed E-state index contributed by atoms with van der Waals surface area (Å²) < 4.78 is 26.6. The number of aromatic hydroxyl groups is 1. The zero-order chi connectivity index (χ0) is 18.4. The number of phenols is 1. The summed E-state index contributed by atoms with van der Waals surface area (Å²) >= 11 is 0. The van der Waals surface area contributed by atoms with E-state index in [-0.39, 0.29) is 22.6 Å². The van der Waals surface area contributed by atoms with Crippen LogP contribution in [0.15, 0.2) is 53.4 Å². The maximum Gasteiger partial charge on any atom is 0.251 e. The van der Waals surface area contributed by atoms with Gasteiger partial charge >= 0.3 is 0 Å². The van der Waals surface area contributed by atoms with Crippen LogP contribution in [0.1, 0.15) is 29.8 Å². The highest BCUT2D eigenvalue weighted by molar-refractivity contribution is 7.89. The van der Waals surface area contributed by atoms with Crippen molar-refractivity contribution in [2.45, 2.75) is 31.2 Å². The molecule has 0 heterocycles. The first-order valence-corrected chi connectivity index (χ1v) is 9.45. The molecule has 7 heteroatoms. The number of carbonyl (C=O) groups is 1. The minimum Gasteiger partial charge on any atom is -0.508 e. The Balaban J connectivity index is 1.94. The molecule has 2 aromatic rings. The van der Waals surface area contributed by atoms with Crippen molar-refractivity contribution in [3.63, 3.8) is 0 Å². The molecule has 0 aromatic heterocycles. The Kier molecular flexibility index (Phi) is 6.17. The van der Waals surface area contributed by atoms with E-state index in [1.165, 1.54) is 24.3 Å². The van der Waals surface area contributed by atoms with Crippen molar-refractivity contribution < 1.29 is 18.3 Å². The molecule has 0 aliphatic carbocycles. The highest BCUT2D eigenvalue weighted by Gasteiger charge is 2.15. The molecule has 0 saturated heterocycles. The number of sulfonamides is 1. The van der Waals surface area contributed by atoms with Crippen molar-refractivity contribution in [3.05, 3.63) is 59.7 Å². The van der Waals surface area contributed by atoms with Gasteiger partial charge in [0, 0.05) is 18.2 Å². The molecule has 134 valence electrons. The Labute approximate surface area is 147 Å². The van der Waals surface area contributed by atoms with Crippen LogP contribution in [0.5, 0.6) is 5.75 Å². The second kappa shape index (κ2) is 8.13. The third-order valence-electron chi connectivity index (χ3n) is 3.43. The third kappa shape index (κ3) is 5.58. The second-order valence-electron chi connectivity index (χ2n) is 5.98. The van der Waals surface area contributed by atoms with E-state index < -0.39 is 10.0 Å². The molecule has 0 radical (unpaired) electrons. The molecule has 0 fully saturated rings. The van der Waals surface area contributed by atoms with Crippen LogP contribution in [0.4, 0.5) is 0 Å². The van der Waals surface area contributed by atoms with E-state index in [0.29, 0.717) is 18.5 Å². The Morgan fingerprint density at radius 1 is 1.12 bits per heavy atom. The van der Waals surface area contributed by atoms with Crippen molar-refractivity contribution in [3.8, 4) is 5.75 Å². The maximum atomic E-state index is 12.1. The fraction of sp³-hybridized carbons (Fsp3) is 0.278. The van der Waals surface area contributed by atoms with Gasteiger partial charge in [0.2, 0.25) is 10.0 Å². The van der Waals surface area contributed by atoms with Crippen LogP contribution in [-0.2, 0) is 16.4 Å². The fourth-order valence-corrected chi connectivity index (χ4v) is 3.55. The number of nitrogens with one attached hydrogen (secondary N) is 2. The second-order valence-corrected chi connectivity index (χ2v) is 7.69. The lowest BCUT2D eigenvalue weighted by molar-refractivity contribution is 0.0954. The summed E-state index contributed by atoms with van der Waals surface area (Å²) in [5, 5.41) is 12.2. The molecule has 2 aromatic carbocycles. The first-order chi connectivity index (χ1) is 11.8. The minimum atomic E-state index is -3.56. The number of benzene rings is 2. The first-order valence-electron chi connectivity index (χ1n) is 7.96. The van der Waals surface area contributed by atoms with Crippen LogP contribution >= 0.6 is 0 Å². The van der Waals surface area contributed by atoms with E-state index >= 15 is 0 Å². The molecule has 0 atom stereocenters. The molecule has 2 rings (SSSR count). The largest absolute Gasteiger partial charge is 0.508 e. The topological polar surface area (TPSA) is 95.5 Å². The molecule has 0 unspecified atom stereocenters. The van der Waals surface area contributed by atoms with Crippen LogP contribution in [0, 0.1) is 0 Å². The van der Waals surface area contributed by atoms with Gasteiger partial charge in [-0.2, -0.15) is 0 Å². The molecule has 0 saturated carbocycles. The predicted octanol–water partition coefficient (Wildman–Crippen LogP) is 2.05. The van der Waals surface area contributed by atoms with Crippen molar-refractivity contribution in [1.82, 2.24) is 10.0 Å². The Morgan fingerprint density at radius 3 is 2.40 bits per heavy atom. The molecular weight excluding hydrogens is 340 g/mol. The van der Waals surface area contributed by atoms with Crippen LogP contribution in [0.25, 0.3) is 0 Å². The maximum absolute atomic E-state index is 12.1. The average Bonchev–Trinajstić information content (AvgIpc) is 2.54. The predicted molar refractivity (Wildman–Crippen MR) is 96.0 cm³/mol. The van der Waals surface area contributed by atoms with Gasteiger partial charge in [0.05, 0.1) is 4.90 Å². The summed E-state index contributed by atoms with van der Waals surface area (Å²) in [6.45, 7) is 3.90. The quantitative estimate of drug-likeness (QED) is 0.702. The zero-order valence-corrected chi connectivity index (χ0v) is 15.0. The van der Waals surface area contributed by atoms with Crippen LogP contribution < -0.4 is 10.0 Å². The minimum absolute atomic E-state index is 0.123. The zero-order valence-electron chi connectivity index (χ0n) is 14.2. The third-order valence-corrected chi connectivity index (χ3v) is 5.10. The molecule has 0 aliphatic heterocycles. The van der Waals surface area contributed by atoms with Gasteiger partial charge < -0.3 is 10.4 Å². The Bertz CT molecular complexity index is 830. The smallest absolute Gasteiger partial charge is 0.251 e. The van der Waals surface area contributed by atoms with E-state index in [0.717, 1.165) is 5.56 Å². The van der Waals surface area contributed by atoms with Crippen molar-refractivity contribution in [2.75, 3.05) is 6.54 Å². The summed E-state index contributed by atoms with van der Waals surface area (Å²) in [5.74, 6) is -0.0865. The summed E-state index contributed by atoms with van der Waals surface area (Å²) in [6.07, 6.45) is 0.588. The summed E-state index contributed by atoms with van der Waals surface area (Å²) in [5.41, 5.74) is 1.31. The summed E-state index contributed by atoms with van der Waals surface area (Å²) in [7, 11) is -3.56. The number of hydrogen-bond donors (Lipinski definition) is 3. The number of carbonyl (C=O) groups excluding carboxylic acids is 1. The number of phenolic OH excluding ortho intramolecular Hbond substituents is 1. The van der Waals surface area contributed by atoms with Crippen molar-refractivity contribution >= 4 is 15.9 Å². The van der Waals surface area contributed by atoms with Gasteiger partial charge in [0.25, 0.3) is 5.91 Å². The van der Waals surface area contributed by atoms with E-state index in [2.05, 4.69) is 10.0 Å². The highest BCUT2D eigenvalue weighted by atomic mass is 32.2.